The second kappa shape index (κ2) is 7.57. The molecule has 3 aromatic rings. The van der Waals surface area contributed by atoms with Gasteiger partial charge in [-0.1, -0.05) is 12.1 Å². The number of ether oxygens (including phenoxy) is 1. The Hall–Kier alpha value is -2.53. The van der Waals surface area contributed by atoms with Crippen molar-refractivity contribution in [2.24, 2.45) is 0 Å². The molecule has 0 radical (unpaired) electrons. The SMILES string of the molecule is COc1ccc(Nc2nc(N3CCCC3)c3ccccc3n2)cc1.[Cl-]. The number of hydrogen-bond acceptors (Lipinski definition) is 5. The lowest BCUT2D eigenvalue weighted by Crippen LogP contribution is -3.00. The number of nitrogens with one attached hydrogen (secondary N) is 1. The first-order valence-electron chi connectivity index (χ1n) is 8.26. The van der Waals surface area contributed by atoms with Crippen LogP contribution in [0.1, 0.15) is 12.8 Å². The summed E-state index contributed by atoms with van der Waals surface area (Å²) in [6, 6.07) is 16.0. The first-order chi connectivity index (χ1) is 11.8. The summed E-state index contributed by atoms with van der Waals surface area (Å²) in [5, 5.41) is 4.42. The van der Waals surface area contributed by atoms with Crippen LogP contribution in [0, 0.1) is 0 Å². The fourth-order valence-electron chi connectivity index (χ4n) is 3.09. The summed E-state index contributed by atoms with van der Waals surface area (Å²) in [6.07, 6.45) is 2.44. The van der Waals surface area contributed by atoms with Crippen LogP contribution in [0.3, 0.4) is 0 Å². The maximum atomic E-state index is 5.20. The summed E-state index contributed by atoms with van der Waals surface area (Å²) in [6.45, 7) is 2.12. The lowest BCUT2D eigenvalue weighted by atomic mass is 10.2. The van der Waals surface area contributed by atoms with Gasteiger partial charge in [0, 0.05) is 24.2 Å². The molecule has 1 fully saturated rings. The molecule has 0 amide bonds. The number of hydrogen-bond donors (Lipinski definition) is 1. The standard InChI is InChI=1S/C19H20N4O.ClH/c1-24-15-10-8-14(9-11-15)20-19-21-17-7-3-2-6-16(17)18(22-19)23-12-4-5-13-23;/h2-3,6-11H,4-5,12-13H2,1H3,(H,20,21,22);1H/p-1. The quantitative estimate of drug-likeness (QED) is 0.756. The van der Waals surface area contributed by atoms with Crippen molar-refractivity contribution in [2.75, 3.05) is 30.4 Å². The van der Waals surface area contributed by atoms with Gasteiger partial charge < -0.3 is 27.4 Å². The van der Waals surface area contributed by atoms with Gasteiger partial charge in [-0.05, 0) is 49.2 Å². The predicted octanol–water partition coefficient (Wildman–Crippen LogP) is 0.986. The van der Waals surface area contributed by atoms with E-state index in [1.54, 1.807) is 7.11 Å². The number of anilines is 3. The van der Waals surface area contributed by atoms with E-state index in [1.165, 1.54) is 12.8 Å². The highest BCUT2D eigenvalue weighted by Gasteiger charge is 2.18. The van der Waals surface area contributed by atoms with Crippen molar-refractivity contribution < 1.29 is 17.1 Å². The van der Waals surface area contributed by atoms with Gasteiger partial charge in [-0.25, -0.2) is 4.98 Å². The number of benzene rings is 2. The van der Waals surface area contributed by atoms with Crippen LogP contribution in [0.5, 0.6) is 5.75 Å². The zero-order chi connectivity index (χ0) is 16.4. The Labute approximate surface area is 153 Å². The number of rotatable bonds is 4. The molecule has 2 heterocycles. The number of methoxy groups -OCH3 is 1. The summed E-state index contributed by atoms with van der Waals surface area (Å²) in [4.78, 5) is 11.8. The lowest BCUT2D eigenvalue weighted by molar-refractivity contribution is -0.00000523. The van der Waals surface area contributed by atoms with Crippen LogP contribution in [-0.2, 0) is 0 Å². The van der Waals surface area contributed by atoms with Gasteiger partial charge in [-0.2, -0.15) is 4.98 Å². The molecule has 0 spiro atoms. The first-order valence-corrected chi connectivity index (χ1v) is 8.26. The van der Waals surface area contributed by atoms with Crippen molar-refractivity contribution in [2.45, 2.75) is 12.8 Å². The molecule has 0 bridgehead atoms. The third kappa shape index (κ3) is 3.61. The van der Waals surface area contributed by atoms with Crippen molar-refractivity contribution in [1.82, 2.24) is 9.97 Å². The molecule has 1 saturated heterocycles. The van der Waals surface area contributed by atoms with Gasteiger partial charge in [-0.3, -0.25) is 0 Å². The van der Waals surface area contributed by atoms with E-state index in [-0.39, 0.29) is 12.4 Å². The van der Waals surface area contributed by atoms with Crippen LogP contribution in [0.25, 0.3) is 10.9 Å². The summed E-state index contributed by atoms with van der Waals surface area (Å²) in [7, 11) is 1.66. The molecular formula is C19H20ClN4O-. The first kappa shape index (κ1) is 17.3. The molecule has 6 heteroatoms. The maximum Gasteiger partial charge on any atom is 0.229 e. The van der Waals surface area contributed by atoms with E-state index in [0.29, 0.717) is 5.95 Å². The van der Waals surface area contributed by atoms with Crippen molar-refractivity contribution in [3.63, 3.8) is 0 Å². The van der Waals surface area contributed by atoms with Crippen LogP contribution < -0.4 is 27.4 Å². The Kier molecular flexibility index (Phi) is 5.24. The second-order valence-electron chi connectivity index (χ2n) is 5.94. The summed E-state index contributed by atoms with van der Waals surface area (Å²) >= 11 is 0. The molecular weight excluding hydrogens is 336 g/mol. The molecule has 25 heavy (non-hydrogen) atoms. The van der Waals surface area contributed by atoms with E-state index in [2.05, 4.69) is 21.3 Å². The zero-order valence-electron chi connectivity index (χ0n) is 14.1. The molecule has 2 aromatic carbocycles. The molecule has 5 nitrogen and oxygen atoms in total. The second-order valence-corrected chi connectivity index (χ2v) is 5.94. The van der Waals surface area contributed by atoms with Gasteiger partial charge >= 0.3 is 0 Å². The molecule has 4 rings (SSSR count). The smallest absolute Gasteiger partial charge is 0.229 e. The maximum absolute atomic E-state index is 5.20. The van der Waals surface area contributed by atoms with Crippen molar-refractivity contribution >= 4 is 28.4 Å². The third-order valence-corrected chi connectivity index (χ3v) is 4.33. The number of halogens is 1. The zero-order valence-corrected chi connectivity index (χ0v) is 14.8. The summed E-state index contributed by atoms with van der Waals surface area (Å²) in [5.41, 5.74) is 1.91. The van der Waals surface area contributed by atoms with Crippen molar-refractivity contribution in [3.05, 3.63) is 48.5 Å². The number of aromatic nitrogens is 2. The number of fused-ring (bicyclic) bond motifs is 1. The monoisotopic (exact) mass is 355 g/mol. The Morgan fingerprint density at radius 1 is 0.960 bits per heavy atom. The molecule has 1 aromatic heterocycles. The molecule has 0 saturated carbocycles. The fraction of sp³-hybridized carbons (Fsp3) is 0.263. The third-order valence-electron chi connectivity index (χ3n) is 4.33. The minimum atomic E-state index is 0. The summed E-state index contributed by atoms with van der Waals surface area (Å²) < 4.78 is 5.20. The molecule has 1 aliphatic heterocycles. The Balaban J connectivity index is 0.00000182. The van der Waals surface area contributed by atoms with Gasteiger partial charge in [0.15, 0.2) is 0 Å². The Bertz CT molecular complexity index is 848. The highest BCUT2D eigenvalue weighted by Crippen LogP contribution is 2.29. The van der Waals surface area contributed by atoms with Gasteiger partial charge in [0.25, 0.3) is 0 Å². The van der Waals surface area contributed by atoms with Crippen LogP contribution in [0.2, 0.25) is 0 Å². The van der Waals surface area contributed by atoms with Crippen molar-refractivity contribution in [3.8, 4) is 5.75 Å². The average molecular weight is 356 g/mol. The van der Waals surface area contributed by atoms with Crippen LogP contribution in [-0.4, -0.2) is 30.2 Å². The minimum Gasteiger partial charge on any atom is -1.00 e. The number of para-hydroxylation sites is 1. The highest BCUT2D eigenvalue weighted by atomic mass is 35.5. The van der Waals surface area contributed by atoms with Gasteiger partial charge in [0.2, 0.25) is 5.95 Å². The topological polar surface area (TPSA) is 50.3 Å². The largest absolute Gasteiger partial charge is 1.00 e. The Morgan fingerprint density at radius 3 is 2.40 bits per heavy atom. The Morgan fingerprint density at radius 2 is 1.68 bits per heavy atom. The molecule has 130 valence electrons. The van der Waals surface area contributed by atoms with Crippen LogP contribution in [0.15, 0.2) is 48.5 Å². The minimum absolute atomic E-state index is 0. The van der Waals surface area contributed by atoms with Crippen LogP contribution >= 0.6 is 0 Å². The van der Waals surface area contributed by atoms with Crippen LogP contribution in [0.4, 0.5) is 17.5 Å². The summed E-state index contributed by atoms with van der Waals surface area (Å²) in [5.74, 6) is 2.48. The average Bonchev–Trinajstić information content (AvgIpc) is 3.16. The van der Waals surface area contributed by atoms with E-state index in [9.17, 15) is 0 Å². The van der Waals surface area contributed by atoms with Crippen molar-refractivity contribution in [1.29, 1.82) is 0 Å². The van der Waals surface area contributed by atoms with Gasteiger partial charge in [0.05, 0.1) is 12.6 Å². The van der Waals surface area contributed by atoms with Gasteiger partial charge in [0.1, 0.15) is 11.6 Å². The molecule has 1 aliphatic rings. The molecule has 1 N–H and O–H groups in total. The molecule has 0 unspecified atom stereocenters. The van der Waals surface area contributed by atoms with E-state index < -0.39 is 0 Å². The molecule has 0 atom stereocenters. The highest BCUT2D eigenvalue weighted by molar-refractivity contribution is 5.90. The van der Waals surface area contributed by atoms with E-state index in [0.717, 1.165) is 41.2 Å². The van der Waals surface area contributed by atoms with Gasteiger partial charge in [-0.15, -0.1) is 0 Å². The normalized spacial score (nSPS) is 13.6. The van der Waals surface area contributed by atoms with E-state index in [4.69, 9.17) is 9.72 Å². The fourth-order valence-corrected chi connectivity index (χ4v) is 3.09. The molecule has 0 aliphatic carbocycles. The predicted molar refractivity (Wildman–Crippen MR) is 97.3 cm³/mol. The van der Waals surface area contributed by atoms with E-state index in [1.807, 2.05) is 42.5 Å². The van der Waals surface area contributed by atoms with E-state index >= 15 is 0 Å². The number of nitrogens with zero attached hydrogens (tertiary/aromatic N) is 3. The lowest BCUT2D eigenvalue weighted by Gasteiger charge is -2.19.